The molecule has 1 fully saturated rings. The van der Waals surface area contributed by atoms with Crippen LogP contribution in [0.3, 0.4) is 0 Å². The third kappa shape index (κ3) is 2.44. The molecule has 23 heavy (non-hydrogen) atoms. The number of rotatable bonds is 3. The number of aliphatic hydroxyl groups is 1. The minimum Gasteiger partial charge on any atom is -0.385 e. The second-order valence-corrected chi connectivity index (χ2v) is 6.60. The van der Waals surface area contributed by atoms with Crippen LogP contribution in [0, 0.1) is 11.3 Å². The molecule has 114 valence electrons. The van der Waals surface area contributed by atoms with Crippen LogP contribution in [0.5, 0.6) is 0 Å². The third-order valence-electron chi connectivity index (χ3n) is 4.04. The van der Waals surface area contributed by atoms with Gasteiger partial charge in [0.05, 0.1) is 31.1 Å². The zero-order valence-corrected chi connectivity index (χ0v) is 13.1. The van der Waals surface area contributed by atoms with Gasteiger partial charge in [-0.15, -0.1) is 0 Å². The minimum absolute atomic E-state index is 0.143. The number of fused-ring (bicyclic) bond motifs is 1. The first-order valence-corrected chi connectivity index (χ1v) is 8.26. The number of thiophene rings is 1. The Balaban J connectivity index is 1.78. The average Bonchev–Trinajstić information content (AvgIpc) is 3.06. The standard InChI is InChI=1S/C17H14N4OS/c18-7-6-17(22)10-21(11-17)16-13-3-1-2-4-14(13)19-15(20-16)12-5-8-23-9-12/h1-5,8-9,22H,6,10-11H2. The van der Waals surface area contributed by atoms with Crippen LogP contribution in [0.2, 0.25) is 0 Å². The molecule has 0 atom stereocenters. The van der Waals surface area contributed by atoms with Crippen molar-refractivity contribution in [3.8, 4) is 17.5 Å². The molecule has 1 aliphatic heterocycles. The van der Waals surface area contributed by atoms with Crippen molar-refractivity contribution in [1.82, 2.24) is 9.97 Å². The number of benzene rings is 1. The molecule has 1 aliphatic rings. The van der Waals surface area contributed by atoms with E-state index >= 15 is 0 Å². The fourth-order valence-electron chi connectivity index (χ4n) is 2.89. The largest absolute Gasteiger partial charge is 0.385 e. The number of anilines is 1. The summed E-state index contributed by atoms with van der Waals surface area (Å²) in [5.41, 5.74) is 0.952. The van der Waals surface area contributed by atoms with E-state index in [1.165, 1.54) is 0 Å². The summed E-state index contributed by atoms with van der Waals surface area (Å²) in [5.74, 6) is 1.51. The van der Waals surface area contributed by atoms with E-state index in [0.29, 0.717) is 18.9 Å². The summed E-state index contributed by atoms with van der Waals surface area (Å²) in [6, 6.07) is 11.9. The summed E-state index contributed by atoms with van der Waals surface area (Å²) < 4.78 is 0. The highest BCUT2D eigenvalue weighted by Crippen LogP contribution is 2.34. The molecule has 4 rings (SSSR count). The SMILES string of the molecule is N#CCC1(O)CN(c2nc(-c3ccsc3)nc3ccccc23)C1. The van der Waals surface area contributed by atoms with Gasteiger partial charge in [0, 0.05) is 16.3 Å². The lowest BCUT2D eigenvalue weighted by atomic mass is 9.91. The lowest BCUT2D eigenvalue weighted by Crippen LogP contribution is -2.62. The van der Waals surface area contributed by atoms with Crippen molar-refractivity contribution in [1.29, 1.82) is 5.26 Å². The van der Waals surface area contributed by atoms with Gasteiger partial charge in [-0.1, -0.05) is 12.1 Å². The second-order valence-electron chi connectivity index (χ2n) is 5.82. The highest BCUT2D eigenvalue weighted by molar-refractivity contribution is 7.08. The summed E-state index contributed by atoms with van der Waals surface area (Å²) in [6.45, 7) is 0.843. The van der Waals surface area contributed by atoms with Gasteiger partial charge in [0.2, 0.25) is 0 Å². The van der Waals surface area contributed by atoms with Crippen LogP contribution in [0.25, 0.3) is 22.3 Å². The lowest BCUT2D eigenvalue weighted by molar-refractivity contribution is 0.0164. The van der Waals surface area contributed by atoms with Crippen molar-refractivity contribution in [3.63, 3.8) is 0 Å². The molecule has 3 aromatic rings. The van der Waals surface area contributed by atoms with Crippen molar-refractivity contribution in [3.05, 3.63) is 41.1 Å². The molecule has 3 heterocycles. The molecule has 5 nitrogen and oxygen atoms in total. The number of para-hydroxylation sites is 1. The molecule has 0 unspecified atom stereocenters. The Hall–Kier alpha value is -2.49. The number of nitrogens with zero attached hydrogens (tertiary/aromatic N) is 4. The Kier molecular flexibility index (Phi) is 3.26. The highest BCUT2D eigenvalue weighted by atomic mass is 32.1. The fraction of sp³-hybridized carbons (Fsp3) is 0.235. The Morgan fingerprint density at radius 2 is 2.09 bits per heavy atom. The van der Waals surface area contributed by atoms with E-state index in [-0.39, 0.29) is 6.42 Å². The molecule has 0 aliphatic carbocycles. The molecule has 0 bridgehead atoms. The number of nitriles is 1. The van der Waals surface area contributed by atoms with Crippen molar-refractivity contribution in [2.45, 2.75) is 12.0 Å². The topological polar surface area (TPSA) is 73.0 Å². The van der Waals surface area contributed by atoms with Gasteiger partial charge >= 0.3 is 0 Å². The molecule has 1 saturated heterocycles. The van der Waals surface area contributed by atoms with Crippen LogP contribution in [0.15, 0.2) is 41.1 Å². The average molecular weight is 322 g/mol. The predicted octanol–water partition coefficient (Wildman–Crippen LogP) is 2.82. The van der Waals surface area contributed by atoms with Gasteiger partial charge in [-0.3, -0.25) is 0 Å². The van der Waals surface area contributed by atoms with Gasteiger partial charge in [0.25, 0.3) is 0 Å². The molecule has 0 saturated carbocycles. The maximum absolute atomic E-state index is 10.3. The van der Waals surface area contributed by atoms with Crippen LogP contribution in [0.1, 0.15) is 6.42 Å². The quantitative estimate of drug-likeness (QED) is 0.802. The van der Waals surface area contributed by atoms with Crippen LogP contribution in [0.4, 0.5) is 5.82 Å². The van der Waals surface area contributed by atoms with Crippen molar-refractivity contribution in [2.24, 2.45) is 0 Å². The highest BCUT2D eigenvalue weighted by Gasteiger charge is 2.42. The first-order chi connectivity index (χ1) is 11.2. The number of hydrogen-bond donors (Lipinski definition) is 1. The van der Waals surface area contributed by atoms with Crippen molar-refractivity contribution in [2.75, 3.05) is 18.0 Å². The number of β-amino-alcohol motifs (C(OH)–C–C–N with tert-alkyl or cyclic N) is 1. The normalized spacial score (nSPS) is 16.1. The molecule has 1 aromatic carbocycles. The zero-order chi connectivity index (χ0) is 15.9. The molecule has 0 spiro atoms. The van der Waals surface area contributed by atoms with E-state index in [4.69, 9.17) is 10.2 Å². The Morgan fingerprint density at radius 3 is 2.83 bits per heavy atom. The van der Waals surface area contributed by atoms with Crippen LogP contribution >= 0.6 is 11.3 Å². The monoisotopic (exact) mass is 322 g/mol. The summed E-state index contributed by atoms with van der Waals surface area (Å²) in [7, 11) is 0. The smallest absolute Gasteiger partial charge is 0.162 e. The van der Waals surface area contributed by atoms with E-state index in [9.17, 15) is 5.11 Å². The Bertz CT molecular complexity index is 895. The van der Waals surface area contributed by atoms with Gasteiger partial charge in [-0.25, -0.2) is 9.97 Å². The van der Waals surface area contributed by atoms with Gasteiger partial charge in [0.1, 0.15) is 11.4 Å². The maximum Gasteiger partial charge on any atom is 0.162 e. The molecule has 1 N–H and O–H groups in total. The predicted molar refractivity (Wildman–Crippen MR) is 90.2 cm³/mol. The summed E-state index contributed by atoms with van der Waals surface area (Å²) >= 11 is 1.61. The number of aromatic nitrogens is 2. The van der Waals surface area contributed by atoms with Gasteiger partial charge in [-0.05, 0) is 23.6 Å². The number of hydrogen-bond acceptors (Lipinski definition) is 6. The Morgan fingerprint density at radius 1 is 1.26 bits per heavy atom. The van der Waals surface area contributed by atoms with Gasteiger partial charge in [-0.2, -0.15) is 16.6 Å². The van der Waals surface area contributed by atoms with E-state index in [1.54, 1.807) is 11.3 Å². The maximum atomic E-state index is 10.3. The lowest BCUT2D eigenvalue weighted by Gasteiger charge is -2.46. The van der Waals surface area contributed by atoms with Gasteiger partial charge < -0.3 is 10.0 Å². The molecule has 0 radical (unpaired) electrons. The van der Waals surface area contributed by atoms with Crippen LogP contribution in [-0.2, 0) is 0 Å². The fourth-order valence-corrected chi connectivity index (χ4v) is 3.53. The Labute approximate surface area is 137 Å². The van der Waals surface area contributed by atoms with E-state index in [2.05, 4.69) is 4.98 Å². The van der Waals surface area contributed by atoms with E-state index in [0.717, 1.165) is 22.3 Å². The molecular weight excluding hydrogens is 308 g/mol. The van der Waals surface area contributed by atoms with Gasteiger partial charge in [0.15, 0.2) is 5.82 Å². The first-order valence-electron chi connectivity index (χ1n) is 7.32. The first kappa shape index (κ1) is 14.1. The van der Waals surface area contributed by atoms with Crippen LogP contribution in [-0.4, -0.2) is 33.8 Å². The molecule has 2 aromatic heterocycles. The summed E-state index contributed by atoms with van der Waals surface area (Å²) in [5, 5.41) is 24.1. The molecule has 6 heteroatoms. The van der Waals surface area contributed by atoms with Crippen LogP contribution < -0.4 is 4.90 Å². The second kappa shape index (κ2) is 5.30. The van der Waals surface area contributed by atoms with Crippen molar-refractivity contribution >= 4 is 28.1 Å². The van der Waals surface area contributed by atoms with E-state index in [1.807, 2.05) is 52.1 Å². The van der Waals surface area contributed by atoms with Crippen molar-refractivity contribution < 1.29 is 5.11 Å². The molecular formula is C17H14N4OS. The summed E-state index contributed by atoms with van der Waals surface area (Å²) in [4.78, 5) is 11.4. The zero-order valence-electron chi connectivity index (χ0n) is 12.3. The third-order valence-corrected chi connectivity index (χ3v) is 4.72. The minimum atomic E-state index is -0.927. The summed E-state index contributed by atoms with van der Waals surface area (Å²) in [6.07, 6.45) is 0.143. The molecule has 0 amide bonds. The van der Waals surface area contributed by atoms with E-state index < -0.39 is 5.60 Å².